The third-order valence-corrected chi connectivity index (χ3v) is 1.66. The maximum atomic E-state index is 12.3. The van der Waals surface area contributed by atoms with E-state index in [0.29, 0.717) is 6.07 Å². The SMILES string of the molecule is COC(=O)CNc1nc(C(F)(F)F)cc(=O)[nH]1. The highest BCUT2D eigenvalue weighted by Crippen LogP contribution is 2.26. The van der Waals surface area contributed by atoms with Gasteiger partial charge in [0.1, 0.15) is 6.54 Å². The molecule has 0 radical (unpaired) electrons. The van der Waals surface area contributed by atoms with Gasteiger partial charge in [-0.15, -0.1) is 0 Å². The summed E-state index contributed by atoms with van der Waals surface area (Å²) < 4.78 is 41.1. The van der Waals surface area contributed by atoms with E-state index < -0.39 is 35.9 Å². The monoisotopic (exact) mass is 251 g/mol. The van der Waals surface area contributed by atoms with Crippen LogP contribution in [0.4, 0.5) is 19.1 Å². The van der Waals surface area contributed by atoms with Crippen molar-refractivity contribution >= 4 is 11.9 Å². The molecule has 0 aliphatic heterocycles. The van der Waals surface area contributed by atoms with Gasteiger partial charge in [0.2, 0.25) is 5.95 Å². The fourth-order valence-electron chi connectivity index (χ4n) is 0.915. The molecule has 0 bridgehead atoms. The molecule has 1 heterocycles. The number of esters is 1. The fourth-order valence-corrected chi connectivity index (χ4v) is 0.915. The van der Waals surface area contributed by atoms with Gasteiger partial charge in [-0.1, -0.05) is 0 Å². The Morgan fingerprint density at radius 2 is 2.24 bits per heavy atom. The largest absolute Gasteiger partial charge is 0.468 e. The van der Waals surface area contributed by atoms with Gasteiger partial charge >= 0.3 is 12.1 Å². The predicted octanol–water partition coefficient (Wildman–Crippen LogP) is 0.374. The van der Waals surface area contributed by atoms with Crippen LogP contribution in [0.15, 0.2) is 10.9 Å². The second-order valence-electron chi connectivity index (χ2n) is 2.91. The summed E-state index contributed by atoms with van der Waals surface area (Å²) in [5.74, 6) is -1.15. The number of rotatable bonds is 3. The van der Waals surface area contributed by atoms with Crippen molar-refractivity contribution in [1.82, 2.24) is 9.97 Å². The number of hydrogen-bond donors (Lipinski definition) is 2. The first kappa shape index (κ1) is 13.0. The summed E-state index contributed by atoms with van der Waals surface area (Å²) in [7, 11) is 1.12. The van der Waals surface area contributed by atoms with E-state index in [4.69, 9.17) is 0 Å². The molecular weight excluding hydrogens is 243 g/mol. The van der Waals surface area contributed by atoms with Crippen LogP contribution >= 0.6 is 0 Å². The van der Waals surface area contributed by atoms with Crippen molar-refractivity contribution in [3.8, 4) is 0 Å². The molecule has 0 saturated heterocycles. The van der Waals surface area contributed by atoms with Crippen LogP contribution in [-0.4, -0.2) is 29.6 Å². The van der Waals surface area contributed by atoms with Gasteiger partial charge in [0.05, 0.1) is 7.11 Å². The van der Waals surface area contributed by atoms with Crippen molar-refractivity contribution in [3.63, 3.8) is 0 Å². The van der Waals surface area contributed by atoms with Gasteiger partial charge in [0.25, 0.3) is 5.56 Å². The molecule has 1 aromatic rings. The standard InChI is InChI=1S/C8H8F3N3O3/c1-17-6(16)3-12-7-13-4(8(9,10)11)2-5(15)14-7/h2H,3H2,1H3,(H2,12,13,14,15). The average molecular weight is 251 g/mol. The highest BCUT2D eigenvalue weighted by Gasteiger charge is 2.33. The minimum atomic E-state index is -4.73. The molecule has 1 aromatic heterocycles. The smallest absolute Gasteiger partial charge is 0.433 e. The van der Waals surface area contributed by atoms with Crippen molar-refractivity contribution in [2.24, 2.45) is 0 Å². The summed E-state index contributed by atoms with van der Waals surface area (Å²) in [5, 5.41) is 2.21. The molecule has 94 valence electrons. The Labute approximate surface area is 92.8 Å². The topological polar surface area (TPSA) is 84.1 Å². The number of nitrogens with zero attached hydrogens (tertiary/aromatic N) is 1. The van der Waals surface area contributed by atoms with Crippen molar-refractivity contribution in [2.45, 2.75) is 6.18 Å². The zero-order chi connectivity index (χ0) is 13.1. The number of H-pyrrole nitrogens is 1. The Morgan fingerprint density at radius 3 is 2.76 bits per heavy atom. The lowest BCUT2D eigenvalue weighted by atomic mass is 10.4. The molecule has 0 aliphatic carbocycles. The summed E-state index contributed by atoms with van der Waals surface area (Å²) in [4.78, 5) is 26.8. The lowest BCUT2D eigenvalue weighted by Crippen LogP contribution is -2.22. The van der Waals surface area contributed by atoms with Crippen LogP contribution in [0.3, 0.4) is 0 Å². The molecule has 1 rings (SSSR count). The molecule has 9 heteroatoms. The quantitative estimate of drug-likeness (QED) is 0.758. The molecule has 0 aliphatic rings. The average Bonchev–Trinajstić information content (AvgIpc) is 2.24. The maximum Gasteiger partial charge on any atom is 0.433 e. The molecule has 0 atom stereocenters. The second kappa shape index (κ2) is 4.85. The van der Waals surface area contributed by atoms with E-state index in [1.54, 1.807) is 0 Å². The van der Waals surface area contributed by atoms with Crippen LogP contribution < -0.4 is 10.9 Å². The van der Waals surface area contributed by atoms with E-state index >= 15 is 0 Å². The van der Waals surface area contributed by atoms with Gasteiger partial charge < -0.3 is 10.1 Å². The lowest BCUT2D eigenvalue weighted by Gasteiger charge is -2.08. The van der Waals surface area contributed by atoms with E-state index in [0.717, 1.165) is 7.11 Å². The summed E-state index contributed by atoms with van der Waals surface area (Å²) in [6, 6.07) is 0.323. The maximum absolute atomic E-state index is 12.3. The Kier molecular flexibility index (Phi) is 3.71. The van der Waals surface area contributed by atoms with Crippen molar-refractivity contribution < 1.29 is 22.7 Å². The number of ether oxygens (including phenoxy) is 1. The van der Waals surface area contributed by atoms with Crippen LogP contribution in [0.25, 0.3) is 0 Å². The van der Waals surface area contributed by atoms with Gasteiger partial charge in [-0.3, -0.25) is 14.6 Å². The van der Waals surface area contributed by atoms with Crippen LogP contribution in [0, 0.1) is 0 Å². The molecule has 0 aromatic carbocycles. The predicted molar refractivity (Wildman–Crippen MR) is 50.4 cm³/mol. The molecule has 0 unspecified atom stereocenters. The summed E-state index contributed by atoms with van der Waals surface area (Å²) in [6.07, 6.45) is -4.73. The minimum Gasteiger partial charge on any atom is -0.468 e. The third kappa shape index (κ3) is 3.78. The molecule has 0 spiro atoms. The van der Waals surface area contributed by atoms with Crippen molar-refractivity contribution in [2.75, 3.05) is 19.0 Å². The highest BCUT2D eigenvalue weighted by molar-refractivity contribution is 5.73. The van der Waals surface area contributed by atoms with Gasteiger partial charge in [0.15, 0.2) is 5.69 Å². The number of halogens is 3. The molecular formula is C8H8F3N3O3. The summed E-state index contributed by atoms with van der Waals surface area (Å²) in [5.41, 5.74) is -2.31. The highest BCUT2D eigenvalue weighted by atomic mass is 19.4. The number of aromatic amines is 1. The van der Waals surface area contributed by atoms with E-state index in [1.165, 1.54) is 0 Å². The second-order valence-corrected chi connectivity index (χ2v) is 2.91. The molecule has 17 heavy (non-hydrogen) atoms. The number of hydrogen-bond acceptors (Lipinski definition) is 5. The minimum absolute atomic E-state index is 0.323. The zero-order valence-electron chi connectivity index (χ0n) is 8.59. The molecule has 0 saturated carbocycles. The van der Waals surface area contributed by atoms with Gasteiger partial charge in [-0.2, -0.15) is 13.2 Å². The zero-order valence-corrected chi connectivity index (χ0v) is 8.59. The van der Waals surface area contributed by atoms with E-state index in [-0.39, 0.29) is 0 Å². The number of aromatic nitrogens is 2. The van der Waals surface area contributed by atoms with Gasteiger partial charge in [0, 0.05) is 6.07 Å². The summed E-state index contributed by atoms with van der Waals surface area (Å²) >= 11 is 0. The number of anilines is 1. The van der Waals surface area contributed by atoms with E-state index in [2.05, 4.69) is 15.0 Å². The van der Waals surface area contributed by atoms with E-state index in [1.807, 2.05) is 4.98 Å². The number of methoxy groups -OCH3 is 1. The van der Waals surface area contributed by atoms with Crippen LogP contribution in [0.5, 0.6) is 0 Å². The summed E-state index contributed by atoms with van der Waals surface area (Å²) in [6.45, 7) is -0.402. The van der Waals surface area contributed by atoms with Crippen LogP contribution in [0.2, 0.25) is 0 Å². The number of alkyl halides is 3. The molecule has 6 nitrogen and oxygen atoms in total. The third-order valence-electron chi connectivity index (χ3n) is 1.66. The Balaban J connectivity index is 2.91. The Hall–Kier alpha value is -2.06. The molecule has 2 N–H and O–H groups in total. The number of carbonyl (C=O) groups is 1. The Bertz CT molecular complexity index is 469. The van der Waals surface area contributed by atoms with Crippen LogP contribution in [-0.2, 0) is 15.7 Å². The number of nitrogens with one attached hydrogen (secondary N) is 2. The first-order chi connectivity index (χ1) is 7.82. The van der Waals surface area contributed by atoms with Crippen molar-refractivity contribution in [3.05, 3.63) is 22.1 Å². The first-order valence-electron chi connectivity index (χ1n) is 4.32. The fraction of sp³-hybridized carbons (Fsp3) is 0.375. The van der Waals surface area contributed by atoms with Gasteiger partial charge in [-0.05, 0) is 0 Å². The lowest BCUT2D eigenvalue weighted by molar-refractivity contribution is -0.141. The number of carbonyl (C=O) groups excluding carboxylic acids is 1. The van der Waals surface area contributed by atoms with Gasteiger partial charge in [-0.25, -0.2) is 4.98 Å². The van der Waals surface area contributed by atoms with Crippen LogP contribution in [0.1, 0.15) is 5.69 Å². The molecule has 0 fully saturated rings. The Morgan fingerprint density at radius 1 is 1.59 bits per heavy atom. The van der Waals surface area contributed by atoms with Crippen molar-refractivity contribution in [1.29, 1.82) is 0 Å². The van der Waals surface area contributed by atoms with E-state index in [9.17, 15) is 22.8 Å². The first-order valence-corrected chi connectivity index (χ1v) is 4.32. The normalized spacial score (nSPS) is 11.1. The molecule has 0 amide bonds.